The molecule has 1 aromatic rings. The number of amides is 1. The van der Waals surface area contributed by atoms with Crippen LogP contribution >= 0.6 is 0 Å². The van der Waals surface area contributed by atoms with E-state index in [1.807, 2.05) is 19.0 Å². The van der Waals surface area contributed by atoms with Crippen LogP contribution in [0.3, 0.4) is 0 Å². The molecule has 1 aliphatic rings. The molecule has 1 amide bonds. The first-order chi connectivity index (χ1) is 8.99. The second-order valence-corrected chi connectivity index (χ2v) is 4.98. The molecule has 5 heteroatoms. The highest BCUT2D eigenvalue weighted by atomic mass is 16.4. The molecule has 1 aliphatic heterocycles. The maximum Gasteiger partial charge on any atom is 0.335 e. The molecule has 1 saturated heterocycles. The maximum atomic E-state index is 11.9. The van der Waals surface area contributed by atoms with E-state index >= 15 is 0 Å². The van der Waals surface area contributed by atoms with Gasteiger partial charge in [-0.2, -0.15) is 0 Å². The lowest BCUT2D eigenvalue weighted by Crippen LogP contribution is -2.38. The molecule has 1 N–H and O–H groups in total. The van der Waals surface area contributed by atoms with E-state index in [2.05, 4.69) is 0 Å². The van der Waals surface area contributed by atoms with Crippen LogP contribution in [0.25, 0.3) is 0 Å². The van der Waals surface area contributed by atoms with E-state index in [1.165, 1.54) is 0 Å². The summed E-state index contributed by atoms with van der Waals surface area (Å²) < 4.78 is 0. The molecule has 5 nitrogen and oxygen atoms in total. The minimum Gasteiger partial charge on any atom is -0.478 e. The number of nitrogens with zero attached hydrogens (tertiary/aromatic N) is 2. The van der Waals surface area contributed by atoms with Crippen molar-refractivity contribution in [1.29, 1.82) is 0 Å². The number of benzene rings is 1. The van der Waals surface area contributed by atoms with Crippen LogP contribution in [0.1, 0.15) is 22.3 Å². The Morgan fingerprint density at radius 1 is 1.42 bits per heavy atom. The molecule has 1 fully saturated rings. The first-order valence-electron chi connectivity index (χ1n) is 6.26. The standard InChI is InChI=1S/C14H18N2O3/c1-15-8-7-12(13(15)17)16(2)9-10-3-5-11(6-4-10)14(18)19/h3-6,12H,7-9H2,1-2H3,(H,18,19). The molecule has 0 spiro atoms. The minimum absolute atomic E-state index is 0.0656. The van der Waals surface area contributed by atoms with E-state index in [1.54, 1.807) is 29.2 Å². The Bertz CT molecular complexity index is 484. The topological polar surface area (TPSA) is 60.9 Å². The number of rotatable bonds is 4. The second-order valence-electron chi connectivity index (χ2n) is 4.98. The Labute approximate surface area is 112 Å². The van der Waals surface area contributed by atoms with Gasteiger partial charge in [0, 0.05) is 20.1 Å². The fourth-order valence-electron chi connectivity index (χ4n) is 2.36. The maximum absolute atomic E-state index is 11.9. The van der Waals surface area contributed by atoms with Crippen LogP contribution in [0.4, 0.5) is 0 Å². The third kappa shape index (κ3) is 2.93. The molecule has 1 atom stereocenters. The van der Waals surface area contributed by atoms with Crippen molar-refractivity contribution in [3.63, 3.8) is 0 Å². The van der Waals surface area contributed by atoms with E-state index < -0.39 is 5.97 Å². The molecule has 1 unspecified atom stereocenters. The van der Waals surface area contributed by atoms with Crippen molar-refractivity contribution in [2.45, 2.75) is 19.0 Å². The molecule has 1 heterocycles. The van der Waals surface area contributed by atoms with Crippen LogP contribution in [0.2, 0.25) is 0 Å². The number of aromatic carboxylic acids is 1. The molecule has 0 bridgehead atoms. The van der Waals surface area contributed by atoms with Gasteiger partial charge < -0.3 is 10.0 Å². The average Bonchev–Trinajstić information content (AvgIpc) is 2.70. The number of carbonyl (C=O) groups is 2. The molecule has 0 radical (unpaired) electrons. The Morgan fingerprint density at radius 2 is 2.05 bits per heavy atom. The summed E-state index contributed by atoms with van der Waals surface area (Å²) in [6.45, 7) is 1.44. The van der Waals surface area contributed by atoms with Gasteiger partial charge in [-0.1, -0.05) is 12.1 Å². The number of carbonyl (C=O) groups excluding carboxylic acids is 1. The molecule has 0 saturated carbocycles. The summed E-state index contributed by atoms with van der Waals surface area (Å²) in [4.78, 5) is 26.4. The number of hydrogen-bond acceptors (Lipinski definition) is 3. The molecular formula is C14H18N2O3. The van der Waals surface area contributed by atoms with Crippen molar-refractivity contribution in [1.82, 2.24) is 9.80 Å². The third-order valence-electron chi connectivity index (χ3n) is 3.56. The predicted octanol–water partition coefficient (Wildman–Crippen LogP) is 1.05. The number of likely N-dealkylation sites (tertiary alicyclic amines) is 1. The molecule has 19 heavy (non-hydrogen) atoms. The van der Waals surface area contributed by atoms with Crippen LogP contribution in [0.15, 0.2) is 24.3 Å². The summed E-state index contributed by atoms with van der Waals surface area (Å²) in [5.41, 5.74) is 1.29. The highest BCUT2D eigenvalue weighted by Crippen LogP contribution is 2.17. The van der Waals surface area contributed by atoms with E-state index in [9.17, 15) is 9.59 Å². The monoisotopic (exact) mass is 262 g/mol. The van der Waals surface area contributed by atoms with Crippen molar-refractivity contribution in [3.8, 4) is 0 Å². The predicted molar refractivity (Wildman–Crippen MR) is 70.9 cm³/mol. The van der Waals surface area contributed by atoms with Crippen LogP contribution in [0.5, 0.6) is 0 Å². The van der Waals surface area contributed by atoms with E-state index in [0.29, 0.717) is 6.54 Å². The highest BCUT2D eigenvalue weighted by Gasteiger charge is 2.31. The Kier molecular flexibility index (Phi) is 3.85. The number of likely N-dealkylation sites (N-methyl/N-ethyl adjacent to an activating group) is 2. The quantitative estimate of drug-likeness (QED) is 0.881. The van der Waals surface area contributed by atoms with Crippen LogP contribution in [0, 0.1) is 0 Å². The zero-order valence-electron chi connectivity index (χ0n) is 11.2. The molecule has 2 rings (SSSR count). The minimum atomic E-state index is -0.924. The third-order valence-corrected chi connectivity index (χ3v) is 3.56. The Morgan fingerprint density at radius 3 is 2.53 bits per heavy atom. The summed E-state index contributed by atoms with van der Waals surface area (Å²) in [6, 6.07) is 6.71. The van der Waals surface area contributed by atoms with Gasteiger partial charge in [0.15, 0.2) is 0 Å². The van der Waals surface area contributed by atoms with Crippen molar-refractivity contribution >= 4 is 11.9 Å². The van der Waals surface area contributed by atoms with E-state index in [4.69, 9.17) is 5.11 Å². The number of carboxylic acid groups (broad SMARTS) is 1. The van der Waals surface area contributed by atoms with Crippen LogP contribution in [-0.4, -0.2) is 53.5 Å². The van der Waals surface area contributed by atoms with Crippen molar-refractivity contribution in [2.75, 3.05) is 20.6 Å². The van der Waals surface area contributed by atoms with Gasteiger partial charge in [0.2, 0.25) is 5.91 Å². The zero-order chi connectivity index (χ0) is 14.0. The van der Waals surface area contributed by atoms with Crippen LogP contribution in [-0.2, 0) is 11.3 Å². The fourth-order valence-corrected chi connectivity index (χ4v) is 2.36. The van der Waals surface area contributed by atoms with Gasteiger partial charge >= 0.3 is 5.97 Å². The summed E-state index contributed by atoms with van der Waals surface area (Å²) in [5, 5.41) is 8.83. The normalized spacial score (nSPS) is 19.2. The summed E-state index contributed by atoms with van der Waals surface area (Å²) in [6.07, 6.45) is 0.846. The SMILES string of the molecule is CN1CCC(N(C)Cc2ccc(C(=O)O)cc2)C1=O. The van der Waals surface area contributed by atoms with Gasteiger partial charge in [-0.15, -0.1) is 0 Å². The number of carboxylic acids is 1. The molecule has 0 aromatic heterocycles. The lowest BCUT2D eigenvalue weighted by Gasteiger charge is -2.22. The fraction of sp³-hybridized carbons (Fsp3) is 0.429. The highest BCUT2D eigenvalue weighted by molar-refractivity contribution is 5.87. The average molecular weight is 262 g/mol. The van der Waals surface area contributed by atoms with Crippen molar-refractivity contribution < 1.29 is 14.7 Å². The van der Waals surface area contributed by atoms with Gasteiger partial charge in [-0.3, -0.25) is 9.69 Å². The lowest BCUT2D eigenvalue weighted by atomic mass is 10.1. The molecule has 1 aromatic carbocycles. The largest absolute Gasteiger partial charge is 0.478 e. The molecule has 0 aliphatic carbocycles. The van der Waals surface area contributed by atoms with Gasteiger partial charge in [-0.25, -0.2) is 4.79 Å². The molecule has 102 valence electrons. The summed E-state index contributed by atoms with van der Waals surface area (Å²) >= 11 is 0. The first-order valence-corrected chi connectivity index (χ1v) is 6.26. The van der Waals surface area contributed by atoms with Gasteiger partial charge in [0.25, 0.3) is 0 Å². The Hall–Kier alpha value is -1.88. The first kappa shape index (κ1) is 13.5. The lowest BCUT2D eigenvalue weighted by molar-refractivity contribution is -0.130. The second kappa shape index (κ2) is 5.40. The van der Waals surface area contributed by atoms with Gasteiger partial charge in [0.1, 0.15) is 0 Å². The number of hydrogen-bond donors (Lipinski definition) is 1. The Balaban J connectivity index is 2.01. The summed E-state index contributed by atoms with van der Waals surface area (Å²) in [5.74, 6) is -0.767. The van der Waals surface area contributed by atoms with E-state index in [-0.39, 0.29) is 17.5 Å². The summed E-state index contributed by atoms with van der Waals surface area (Å²) in [7, 11) is 3.74. The smallest absolute Gasteiger partial charge is 0.335 e. The zero-order valence-corrected chi connectivity index (χ0v) is 11.2. The van der Waals surface area contributed by atoms with Gasteiger partial charge in [0.05, 0.1) is 11.6 Å². The van der Waals surface area contributed by atoms with Crippen molar-refractivity contribution in [3.05, 3.63) is 35.4 Å². The van der Waals surface area contributed by atoms with Crippen LogP contribution < -0.4 is 0 Å². The molecular weight excluding hydrogens is 244 g/mol. The van der Waals surface area contributed by atoms with Crippen molar-refractivity contribution in [2.24, 2.45) is 0 Å². The van der Waals surface area contributed by atoms with E-state index in [0.717, 1.165) is 18.5 Å². The van der Waals surface area contributed by atoms with Gasteiger partial charge in [-0.05, 0) is 31.2 Å².